The number of aromatic nitrogens is 2. The van der Waals surface area contributed by atoms with Crippen molar-refractivity contribution in [3.63, 3.8) is 0 Å². The van der Waals surface area contributed by atoms with Crippen LogP contribution in [0.4, 0.5) is 17.3 Å². The minimum absolute atomic E-state index is 0.282. The van der Waals surface area contributed by atoms with Gasteiger partial charge in [0.2, 0.25) is 6.79 Å². The van der Waals surface area contributed by atoms with Gasteiger partial charge in [-0.05, 0) is 31.9 Å². The molecule has 114 valence electrons. The zero-order valence-electron chi connectivity index (χ0n) is 12.5. The second kappa shape index (κ2) is 5.36. The number of benzene rings is 1. The van der Waals surface area contributed by atoms with Gasteiger partial charge in [0.1, 0.15) is 17.5 Å². The number of hydrogen-bond acceptors (Lipinski definition) is 6. The van der Waals surface area contributed by atoms with Crippen LogP contribution in [0.3, 0.4) is 0 Å². The molecule has 0 atom stereocenters. The van der Waals surface area contributed by atoms with Gasteiger partial charge in [0.15, 0.2) is 11.5 Å². The first kappa shape index (κ1) is 13.2. The highest BCUT2D eigenvalue weighted by Gasteiger charge is 2.16. The molecule has 0 amide bonds. The zero-order valence-corrected chi connectivity index (χ0v) is 12.5. The van der Waals surface area contributed by atoms with E-state index in [-0.39, 0.29) is 6.79 Å². The molecule has 4 rings (SSSR count). The summed E-state index contributed by atoms with van der Waals surface area (Å²) in [6.07, 6.45) is 2.46. The molecule has 0 radical (unpaired) electrons. The molecule has 22 heavy (non-hydrogen) atoms. The number of ether oxygens (including phenoxy) is 2. The summed E-state index contributed by atoms with van der Waals surface area (Å²) in [6, 6.07) is 7.79. The third-order valence-electron chi connectivity index (χ3n) is 3.90. The van der Waals surface area contributed by atoms with E-state index in [1.54, 1.807) is 0 Å². The van der Waals surface area contributed by atoms with Crippen molar-refractivity contribution in [2.45, 2.75) is 19.8 Å². The molecule has 6 heteroatoms. The van der Waals surface area contributed by atoms with Gasteiger partial charge in [0, 0.05) is 30.9 Å². The maximum absolute atomic E-state index is 5.40. The first-order valence-corrected chi connectivity index (χ1v) is 7.55. The number of anilines is 3. The molecule has 1 fully saturated rings. The third kappa shape index (κ3) is 2.52. The monoisotopic (exact) mass is 298 g/mol. The predicted molar refractivity (Wildman–Crippen MR) is 84.1 cm³/mol. The van der Waals surface area contributed by atoms with Gasteiger partial charge in [0.05, 0.1) is 0 Å². The number of aryl methyl sites for hydroxylation is 1. The summed E-state index contributed by atoms with van der Waals surface area (Å²) >= 11 is 0. The normalized spacial score (nSPS) is 16.1. The molecule has 1 saturated heterocycles. The first-order chi connectivity index (χ1) is 10.8. The number of fused-ring (bicyclic) bond motifs is 1. The average Bonchev–Trinajstić information content (AvgIpc) is 3.18. The topological polar surface area (TPSA) is 59.5 Å². The van der Waals surface area contributed by atoms with E-state index in [9.17, 15) is 0 Å². The van der Waals surface area contributed by atoms with Crippen molar-refractivity contribution in [1.82, 2.24) is 9.97 Å². The van der Waals surface area contributed by atoms with Crippen LogP contribution in [0.1, 0.15) is 18.7 Å². The van der Waals surface area contributed by atoms with E-state index in [4.69, 9.17) is 9.47 Å². The Morgan fingerprint density at radius 3 is 2.73 bits per heavy atom. The van der Waals surface area contributed by atoms with Gasteiger partial charge in [0.25, 0.3) is 0 Å². The van der Waals surface area contributed by atoms with Gasteiger partial charge in [-0.1, -0.05) is 0 Å². The van der Waals surface area contributed by atoms with Crippen LogP contribution in [0.2, 0.25) is 0 Å². The predicted octanol–water partition coefficient (Wildman–Crippen LogP) is 2.86. The molecule has 2 aliphatic rings. The van der Waals surface area contributed by atoms with Crippen LogP contribution in [0.15, 0.2) is 24.3 Å². The maximum atomic E-state index is 5.40. The van der Waals surface area contributed by atoms with Crippen LogP contribution in [0, 0.1) is 6.92 Å². The molecule has 0 aliphatic carbocycles. The Morgan fingerprint density at radius 2 is 1.86 bits per heavy atom. The summed E-state index contributed by atoms with van der Waals surface area (Å²) in [7, 11) is 0. The highest BCUT2D eigenvalue weighted by Crippen LogP contribution is 2.35. The molecular weight excluding hydrogens is 280 g/mol. The van der Waals surface area contributed by atoms with Gasteiger partial charge < -0.3 is 19.7 Å². The Hall–Kier alpha value is -2.50. The van der Waals surface area contributed by atoms with Crippen molar-refractivity contribution in [3.05, 3.63) is 30.1 Å². The van der Waals surface area contributed by atoms with Gasteiger partial charge in [-0.15, -0.1) is 0 Å². The Morgan fingerprint density at radius 1 is 1.05 bits per heavy atom. The summed E-state index contributed by atoms with van der Waals surface area (Å²) in [4.78, 5) is 11.3. The quantitative estimate of drug-likeness (QED) is 0.940. The largest absolute Gasteiger partial charge is 0.454 e. The van der Waals surface area contributed by atoms with Crippen LogP contribution in [0.25, 0.3) is 0 Å². The van der Waals surface area contributed by atoms with E-state index in [1.165, 1.54) is 12.8 Å². The Kier molecular flexibility index (Phi) is 3.21. The van der Waals surface area contributed by atoms with Crippen molar-refractivity contribution >= 4 is 17.3 Å². The summed E-state index contributed by atoms with van der Waals surface area (Å²) < 4.78 is 10.7. The van der Waals surface area contributed by atoms with E-state index in [0.29, 0.717) is 0 Å². The summed E-state index contributed by atoms with van der Waals surface area (Å²) in [6.45, 7) is 4.34. The van der Waals surface area contributed by atoms with Crippen molar-refractivity contribution in [3.8, 4) is 11.5 Å². The highest BCUT2D eigenvalue weighted by molar-refractivity contribution is 5.63. The molecule has 6 nitrogen and oxygen atoms in total. The lowest BCUT2D eigenvalue weighted by Gasteiger charge is -2.17. The Labute approximate surface area is 129 Å². The van der Waals surface area contributed by atoms with Crippen molar-refractivity contribution < 1.29 is 9.47 Å². The van der Waals surface area contributed by atoms with Crippen molar-refractivity contribution in [2.75, 3.05) is 30.1 Å². The lowest BCUT2D eigenvalue weighted by Crippen LogP contribution is -2.19. The minimum atomic E-state index is 0.282. The lowest BCUT2D eigenvalue weighted by molar-refractivity contribution is 0.174. The Balaban J connectivity index is 1.59. The standard InChI is InChI=1S/C16H18N4O2/c1-11-17-15(9-16(18-11)20-6-2-3-7-20)19-12-4-5-13-14(8-12)22-10-21-13/h4-5,8-9H,2-3,6-7,10H2,1H3,(H,17,18,19). The average molecular weight is 298 g/mol. The van der Waals surface area contributed by atoms with Crippen molar-refractivity contribution in [2.24, 2.45) is 0 Å². The molecule has 1 aromatic heterocycles. The third-order valence-corrected chi connectivity index (χ3v) is 3.90. The smallest absolute Gasteiger partial charge is 0.231 e. The maximum Gasteiger partial charge on any atom is 0.231 e. The van der Waals surface area contributed by atoms with Crippen LogP contribution in [0.5, 0.6) is 11.5 Å². The Bertz CT molecular complexity index is 699. The van der Waals surface area contributed by atoms with Gasteiger partial charge in [-0.25, -0.2) is 9.97 Å². The first-order valence-electron chi connectivity index (χ1n) is 7.55. The molecular formula is C16H18N4O2. The molecule has 2 aliphatic heterocycles. The summed E-state index contributed by atoms with van der Waals surface area (Å²) in [5, 5.41) is 3.32. The van der Waals surface area contributed by atoms with E-state index in [2.05, 4.69) is 20.2 Å². The van der Waals surface area contributed by atoms with E-state index >= 15 is 0 Å². The van der Waals surface area contributed by atoms with Crippen molar-refractivity contribution in [1.29, 1.82) is 0 Å². The SMILES string of the molecule is Cc1nc(Nc2ccc3c(c2)OCO3)cc(N2CCCC2)n1. The summed E-state index contributed by atoms with van der Waals surface area (Å²) in [5.74, 6) is 4.10. The van der Waals surface area contributed by atoms with E-state index in [1.807, 2.05) is 31.2 Å². The fourth-order valence-electron chi connectivity index (χ4n) is 2.85. The molecule has 0 spiro atoms. The number of hydrogen-bond donors (Lipinski definition) is 1. The second-order valence-electron chi connectivity index (χ2n) is 5.55. The van der Waals surface area contributed by atoms with Crippen LogP contribution >= 0.6 is 0 Å². The molecule has 1 N–H and O–H groups in total. The fourth-order valence-corrected chi connectivity index (χ4v) is 2.85. The molecule has 1 aromatic carbocycles. The van der Waals surface area contributed by atoms with E-state index < -0.39 is 0 Å². The van der Waals surface area contributed by atoms with Gasteiger partial charge >= 0.3 is 0 Å². The fraction of sp³-hybridized carbons (Fsp3) is 0.375. The van der Waals surface area contributed by atoms with Crippen LogP contribution in [-0.4, -0.2) is 29.9 Å². The number of nitrogens with one attached hydrogen (secondary N) is 1. The molecule has 0 unspecified atom stereocenters. The number of rotatable bonds is 3. The molecule has 2 aromatic rings. The van der Waals surface area contributed by atoms with Gasteiger partial charge in [-0.2, -0.15) is 0 Å². The molecule has 3 heterocycles. The van der Waals surface area contributed by atoms with E-state index in [0.717, 1.165) is 47.7 Å². The van der Waals surface area contributed by atoms with Crippen LogP contribution in [-0.2, 0) is 0 Å². The minimum Gasteiger partial charge on any atom is -0.454 e. The summed E-state index contributed by atoms with van der Waals surface area (Å²) in [5.41, 5.74) is 0.926. The second-order valence-corrected chi connectivity index (χ2v) is 5.55. The van der Waals surface area contributed by atoms with Crippen LogP contribution < -0.4 is 19.7 Å². The zero-order chi connectivity index (χ0) is 14.9. The van der Waals surface area contributed by atoms with Gasteiger partial charge in [-0.3, -0.25) is 0 Å². The molecule has 0 saturated carbocycles. The molecule has 0 bridgehead atoms. The lowest BCUT2D eigenvalue weighted by atomic mass is 10.2. The number of nitrogens with zero attached hydrogens (tertiary/aromatic N) is 3. The highest BCUT2D eigenvalue weighted by atomic mass is 16.7.